The number of hydrogen-bond acceptors (Lipinski definition) is 14. The normalized spacial score (nSPS) is 10.4. The maximum atomic E-state index is 13.0. The van der Waals surface area contributed by atoms with Crippen molar-refractivity contribution in [2.75, 3.05) is 18.9 Å². The smallest absolute Gasteiger partial charge is 0.425 e. The zero-order chi connectivity index (χ0) is 39.9. The highest BCUT2D eigenvalue weighted by molar-refractivity contribution is 6.05. The fourth-order valence-corrected chi connectivity index (χ4v) is 4.41. The molecule has 0 aliphatic rings. The molecule has 0 heterocycles. The zero-order valence-corrected chi connectivity index (χ0v) is 29.8. The van der Waals surface area contributed by atoms with Gasteiger partial charge in [0, 0.05) is 29.6 Å². The van der Waals surface area contributed by atoms with Gasteiger partial charge in [-0.05, 0) is 122 Å². The van der Waals surface area contributed by atoms with Crippen LogP contribution in [-0.2, 0) is 28.5 Å². The fourth-order valence-electron chi connectivity index (χ4n) is 4.41. The molecule has 0 bridgehead atoms. The van der Waals surface area contributed by atoms with Crippen molar-refractivity contribution in [1.82, 2.24) is 0 Å². The minimum absolute atomic E-state index is 0.0896. The van der Waals surface area contributed by atoms with Gasteiger partial charge in [0.25, 0.3) is 5.91 Å². The Hall–Kier alpha value is -7.55. The summed E-state index contributed by atoms with van der Waals surface area (Å²) in [7, 11) is 0. The van der Waals surface area contributed by atoms with Crippen molar-refractivity contribution in [1.29, 1.82) is 0 Å². The number of carbonyl (C=O) groups is 6. The summed E-state index contributed by atoms with van der Waals surface area (Å²) in [4.78, 5) is 75.8. The molecule has 0 aromatic heterocycles. The number of aryl methyl sites for hydroxylation is 3. The quantitative estimate of drug-likeness (QED) is 0.0339. The molecule has 0 radical (unpaired) electrons. The summed E-state index contributed by atoms with van der Waals surface area (Å²) in [6.07, 6.45) is 1.30. The summed E-state index contributed by atoms with van der Waals surface area (Å²) in [6.45, 7) is 10.6. The lowest BCUT2D eigenvalue weighted by atomic mass is 10.1. The van der Waals surface area contributed by atoms with Crippen LogP contribution in [0.5, 0.6) is 17.2 Å². The third-order valence-electron chi connectivity index (χ3n) is 7.24. The summed E-state index contributed by atoms with van der Waals surface area (Å²) in [5.74, 6) is -2.01. The second kappa shape index (κ2) is 19.3. The largest absolute Gasteiger partial charge is 0.516 e. The van der Waals surface area contributed by atoms with E-state index in [9.17, 15) is 28.8 Å². The van der Waals surface area contributed by atoms with Gasteiger partial charge in [0.15, 0.2) is 0 Å². The first-order valence-corrected chi connectivity index (χ1v) is 16.1. The Morgan fingerprint density at radius 2 is 1.16 bits per heavy atom. The molecule has 1 amide bonds. The summed E-state index contributed by atoms with van der Waals surface area (Å²) in [5.41, 5.74) is 4.73. The fraction of sp³-hybridized carbons (Fsp3) is 0.125. The van der Waals surface area contributed by atoms with Crippen molar-refractivity contribution in [2.24, 2.45) is 4.99 Å². The van der Waals surface area contributed by atoms with E-state index < -0.39 is 49.7 Å². The van der Waals surface area contributed by atoms with E-state index in [1.54, 1.807) is 37.4 Å². The highest BCUT2D eigenvalue weighted by Gasteiger charge is 2.15. The van der Waals surface area contributed by atoms with E-state index in [4.69, 9.17) is 14.2 Å². The first kappa shape index (κ1) is 40.2. The average Bonchev–Trinajstić information content (AvgIpc) is 3.16. The number of amides is 1. The van der Waals surface area contributed by atoms with Gasteiger partial charge in [0.05, 0.1) is 11.3 Å². The highest BCUT2D eigenvalue weighted by Crippen LogP contribution is 2.28. The molecule has 4 aromatic rings. The minimum atomic E-state index is -1.11. The molecule has 15 nitrogen and oxygen atoms in total. The molecule has 4 rings (SSSR count). The van der Waals surface area contributed by atoms with E-state index in [0.717, 1.165) is 28.8 Å². The SMILES string of the molecule is C=CC(=O)OCOC(=O)Oc1ccc(C(=O)Nc2cc(C)c(N=Cc3ccc(OC(=O)c4ccc(OC(=O)OCOC(=O)C=C)cc4)c(C)c3)cc2C)cc1. The van der Waals surface area contributed by atoms with Gasteiger partial charge in [0.2, 0.25) is 13.6 Å². The molecule has 0 aliphatic heterocycles. The number of anilines is 1. The predicted molar refractivity (Wildman–Crippen MR) is 197 cm³/mol. The highest BCUT2D eigenvalue weighted by atomic mass is 16.8. The molecule has 0 aliphatic carbocycles. The molecule has 1 N–H and O–H groups in total. The maximum Gasteiger partial charge on any atom is 0.516 e. The van der Waals surface area contributed by atoms with Gasteiger partial charge in [-0.2, -0.15) is 0 Å². The van der Waals surface area contributed by atoms with Gasteiger partial charge in [-0.3, -0.25) is 9.79 Å². The van der Waals surface area contributed by atoms with Crippen LogP contribution in [0.1, 0.15) is 43.0 Å². The van der Waals surface area contributed by atoms with E-state index in [-0.39, 0.29) is 17.1 Å². The Labute approximate surface area is 314 Å². The van der Waals surface area contributed by atoms with E-state index in [2.05, 4.69) is 42.4 Å². The molecule has 0 spiro atoms. The van der Waals surface area contributed by atoms with Crippen LogP contribution < -0.4 is 19.5 Å². The van der Waals surface area contributed by atoms with Crippen molar-refractivity contribution < 1.29 is 61.9 Å². The van der Waals surface area contributed by atoms with E-state index in [1.165, 1.54) is 48.5 Å². The number of esters is 3. The first-order valence-electron chi connectivity index (χ1n) is 16.1. The Morgan fingerprint density at radius 1 is 0.618 bits per heavy atom. The van der Waals surface area contributed by atoms with Gasteiger partial charge in [-0.25, -0.2) is 24.0 Å². The Morgan fingerprint density at radius 3 is 1.69 bits per heavy atom. The van der Waals surface area contributed by atoms with Gasteiger partial charge >= 0.3 is 30.2 Å². The molecule has 0 saturated carbocycles. The minimum Gasteiger partial charge on any atom is -0.425 e. The summed E-state index contributed by atoms with van der Waals surface area (Å²) in [6, 6.07) is 20.2. The number of aliphatic imine (C=N–C) groups is 1. The summed E-state index contributed by atoms with van der Waals surface area (Å²) < 4.78 is 33.8. The third kappa shape index (κ3) is 12.3. The van der Waals surface area contributed by atoms with Crippen LogP contribution in [0.25, 0.3) is 0 Å². The lowest BCUT2D eigenvalue weighted by Gasteiger charge is -2.12. The van der Waals surface area contributed by atoms with E-state index in [0.29, 0.717) is 28.3 Å². The van der Waals surface area contributed by atoms with Gasteiger partial charge in [-0.15, -0.1) is 0 Å². The number of ether oxygens (including phenoxy) is 7. The van der Waals surface area contributed by atoms with Crippen molar-refractivity contribution in [2.45, 2.75) is 20.8 Å². The number of carbonyl (C=O) groups excluding carboxylic acids is 6. The van der Waals surface area contributed by atoms with Crippen molar-refractivity contribution in [3.05, 3.63) is 138 Å². The molecule has 55 heavy (non-hydrogen) atoms. The van der Waals surface area contributed by atoms with Crippen molar-refractivity contribution >= 4 is 53.7 Å². The van der Waals surface area contributed by atoms with Gasteiger partial charge in [0.1, 0.15) is 17.2 Å². The number of hydrogen-bond donors (Lipinski definition) is 1. The number of rotatable bonds is 14. The molecule has 0 unspecified atom stereocenters. The van der Waals surface area contributed by atoms with Crippen LogP contribution in [0.2, 0.25) is 0 Å². The van der Waals surface area contributed by atoms with Crippen molar-refractivity contribution in [3.63, 3.8) is 0 Å². The van der Waals surface area contributed by atoms with E-state index >= 15 is 0 Å². The number of nitrogens with one attached hydrogen (secondary N) is 1. The topological polar surface area (TPSA) is 191 Å². The van der Waals surface area contributed by atoms with Crippen LogP contribution in [0.15, 0.2) is 109 Å². The predicted octanol–water partition coefficient (Wildman–Crippen LogP) is 7.24. The average molecular weight is 751 g/mol. The number of benzene rings is 4. The molecular formula is C40H34N2O13. The molecule has 0 atom stereocenters. The Bertz CT molecular complexity index is 2140. The zero-order valence-electron chi connectivity index (χ0n) is 29.8. The second-order valence-corrected chi connectivity index (χ2v) is 11.2. The lowest BCUT2D eigenvalue weighted by Crippen LogP contribution is -2.15. The second-order valence-electron chi connectivity index (χ2n) is 11.2. The molecule has 4 aromatic carbocycles. The lowest BCUT2D eigenvalue weighted by molar-refractivity contribution is -0.147. The number of nitrogens with zero attached hydrogens (tertiary/aromatic N) is 1. The maximum absolute atomic E-state index is 13.0. The molecule has 0 fully saturated rings. The van der Waals surface area contributed by atoms with Crippen LogP contribution in [0, 0.1) is 20.8 Å². The Balaban J connectivity index is 1.30. The van der Waals surface area contributed by atoms with Crippen LogP contribution in [0.4, 0.5) is 21.0 Å². The Kier molecular flexibility index (Phi) is 14.1. The van der Waals surface area contributed by atoms with Crippen LogP contribution >= 0.6 is 0 Å². The molecule has 15 heteroatoms. The van der Waals surface area contributed by atoms with Crippen molar-refractivity contribution in [3.8, 4) is 17.2 Å². The van der Waals surface area contributed by atoms with Crippen LogP contribution in [0.3, 0.4) is 0 Å². The first-order chi connectivity index (χ1) is 26.3. The standard InChI is InChI=1S/C40H34N2O13/c1-6-35(43)49-22-51-39(47)53-30-13-9-28(10-14-30)37(45)42-33-20-24(3)32(19-25(33)4)41-21-27-8-17-34(26(5)18-27)55-38(46)29-11-15-31(16-12-29)54-40(48)52-23-50-36(44)7-2/h6-21H,1-2,22-23H2,3-5H3,(H,42,45). The molecule has 0 saturated heterocycles. The summed E-state index contributed by atoms with van der Waals surface area (Å²) >= 11 is 0. The van der Waals surface area contributed by atoms with Crippen LogP contribution in [-0.4, -0.2) is 55.9 Å². The molecule has 282 valence electrons. The summed E-state index contributed by atoms with van der Waals surface area (Å²) in [5, 5.41) is 2.87. The van der Waals surface area contributed by atoms with E-state index in [1.807, 2.05) is 19.9 Å². The van der Waals surface area contributed by atoms with Gasteiger partial charge < -0.3 is 38.5 Å². The van der Waals surface area contributed by atoms with Gasteiger partial charge in [-0.1, -0.05) is 13.2 Å². The molecular weight excluding hydrogens is 716 g/mol. The third-order valence-corrected chi connectivity index (χ3v) is 7.24. The monoisotopic (exact) mass is 750 g/mol.